The molecule has 0 spiro atoms. The summed E-state index contributed by atoms with van der Waals surface area (Å²) in [7, 11) is -3.83. The van der Waals surface area contributed by atoms with Crippen LogP contribution in [0.2, 0.25) is 0 Å². The Balaban J connectivity index is 1.87. The first kappa shape index (κ1) is 16.4. The summed E-state index contributed by atoms with van der Waals surface area (Å²) in [4.78, 5) is 23.0. The van der Waals surface area contributed by atoms with Gasteiger partial charge in [-0.1, -0.05) is 17.7 Å². The lowest BCUT2D eigenvalue weighted by atomic mass is 10.1. The zero-order valence-electron chi connectivity index (χ0n) is 12.1. The fraction of sp³-hybridized carbons (Fsp3) is 0.429. The number of nitrogens with zero attached hydrogens (tertiary/aromatic N) is 1. The number of carbonyl (C=O) groups is 2. The average molecular weight is 327 g/mol. The van der Waals surface area contributed by atoms with E-state index in [1.807, 2.05) is 6.92 Å². The third-order valence-electron chi connectivity index (χ3n) is 3.51. The molecule has 22 heavy (non-hydrogen) atoms. The second kappa shape index (κ2) is 6.45. The van der Waals surface area contributed by atoms with E-state index in [1.54, 1.807) is 12.1 Å². The van der Waals surface area contributed by atoms with Crippen LogP contribution >= 0.6 is 0 Å². The minimum atomic E-state index is -3.83. The van der Waals surface area contributed by atoms with Gasteiger partial charge in [-0.3, -0.25) is 8.98 Å². The van der Waals surface area contributed by atoms with Gasteiger partial charge in [0.05, 0.1) is 11.5 Å². The number of hydrogen-bond acceptors (Lipinski definition) is 5. The molecule has 7 nitrogen and oxygen atoms in total. The standard InChI is InChI=1S/C14H17NO6S/c1-10-2-4-12(5-3-10)22(19,20)21-7-6-11-8-13(16)15(9-11)14(17)18/h2-5,11H,6-9H2,1H3,(H,17,18). The van der Waals surface area contributed by atoms with E-state index in [0.29, 0.717) is 6.42 Å². The highest BCUT2D eigenvalue weighted by Gasteiger charge is 2.33. The van der Waals surface area contributed by atoms with Crippen molar-refractivity contribution >= 4 is 22.1 Å². The lowest BCUT2D eigenvalue weighted by Crippen LogP contribution is -2.30. The Morgan fingerprint density at radius 3 is 2.55 bits per heavy atom. The van der Waals surface area contributed by atoms with Crippen LogP contribution in [0.15, 0.2) is 29.2 Å². The summed E-state index contributed by atoms with van der Waals surface area (Å²) in [6, 6.07) is 6.29. The predicted molar refractivity (Wildman–Crippen MR) is 76.8 cm³/mol. The van der Waals surface area contributed by atoms with Crippen LogP contribution < -0.4 is 0 Å². The molecule has 1 aliphatic rings. The number of carbonyl (C=O) groups excluding carboxylic acids is 1. The molecule has 120 valence electrons. The molecule has 0 bridgehead atoms. The van der Waals surface area contributed by atoms with Crippen LogP contribution in [-0.2, 0) is 19.1 Å². The summed E-state index contributed by atoms with van der Waals surface area (Å²) >= 11 is 0. The largest absolute Gasteiger partial charge is 0.465 e. The van der Waals surface area contributed by atoms with E-state index in [9.17, 15) is 18.0 Å². The molecule has 1 unspecified atom stereocenters. The van der Waals surface area contributed by atoms with E-state index in [1.165, 1.54) is 12.1 Å². The van der Waals surface area contributed by atoms with Crippen molar-refractivity contribution in [2.75, 3.05) is 13.2 Å². The van der Waals surface area contributed by atoms with Gasteiger partial charge in [0.2, 0.25) is 5.91 Å². The Morgan fingerprint density at radius 1 is 1.36 bits per heavy atom. The highest BCUT2D eigenvalue weighted by molar-refractivity contribution is 7.86. The minimum absolute atomic E-state index is 0.0766. The van der Waals surface area contributed by atoms with Crippen LogP contribution in [-0.4, -0.2) is 43.6 Å². The Hall–Kier alpha value is -1.93. The number of imide groups is 1. The Labute approximate surface area is 128 Å². The van der Waals surface area contributed by atoms with Gasteiger partial charge in [-0.05, 0) is 31.4 Å². The maximum Gasteiger partial charge on any atom is 0.414 e. The molecule has 0 radical (unpaired) electrons. The second-order valence-electron chi connectivity index (χ2n) is 5.23. The molecule has 2 amide bonds. The van der Waals surface area contributed by atoms with Crippen molar-refractivity contribution in [1.82, 2.24) is 4.90 Å². The van der Waals surface area contributed by atoms with Crippen molar-refractivity contribution in [2.24, 2.45) is 5.92 Å². The maximum atomic E-state index is 12.0. The summed E-state index contributed by atoms with van der Waals surface area (Å²) in [5.74, 6) is -0.671. The quantitative estimate of drug-likeness (QED) is 0.825. The molecule has 1 fully saturated rings. The Morgan fingerprint density at radius 2 is 2.00 bits per heavy atom. The average Bonchev–Trinajstić information content (AvgIpc) is 2.80. The summed E-state index contributed by atoms with van der Waals surface area (Å²) in [6.07, 6.45) is -0.874. The van der Waals surface area contributed by atoms with E-state index in [0.717, 1.165) is 10.5 Å². The summed E-state index contributed by atoms with van der Waals surface area (Å²) in [6.45, 7) is 1.85. The first-order valence-corrected chi connectivity index (χ1v) is 8.20. The van der Waals surface area contributed by atoms with Crippen molar-refractivity contribution in [3.05, 3.63) is 29.8 Å². The van der Waals surface area contributed by atoms with Crippen LogP contribution in [0.3, 0.4) is 0 Å². The maximum absolute atomic E-state index is 12.0. The molecule has 1 aliphatic heterocycles. The molecule has 1 aromatic carbocycles. The molecular weight excluding hydrogens is 310 g/mol. The highest BCUT2D eigenvalue weighted by atomic mass is 32.2. The van der Waals surface area contributed by atoms with Crippen LogP contribution in [0.5, 0.6) is 0 Å². The lowest BCUT2D eigenvalue weighted by molar-refractivity contribution is -0.125. The summed E-state index contributed by atoms with van der Waals surface area (Å²) < 4.78 is 28.9. The summed E-state index contributed by atoms with van der Waals surface area (Å²) in [5, 5.41) is 8.81. The van der Waals surface area contributed by atoms with Gasteiger partial charge in [-0.2, -0.15) is 8.42 Å². The van der Waals surface area contributed by atoms with Crippen LogP contribution in [0.1, 0.15) is 18.4 Å². The number of carboxylic acid groups (broad SMARTS) is 1. The fourth-order valence-corrected chi connectivity index (χ4v) is 3.18. The predicted octanol–water partition coefficient (Wildman–Crippen LogP) is 1.62. The molecule has 0 saturated carbocycles. The number of amides is 2. The third-order valence-corrected chi connectivity index (χ3v) is 4.84. The first-order valence-electron chi connectivity index (χ1n) is 6.79. The topological polar surface area (TPSA) is 101 Å². The van der Waals surface area contributed by atoms with Crippen molar-refractivity contribution in [2.45, 2.75) is 24.7 Å². The molecule has 1 heterocycles. The SMILES string of the molecule is Cc1ccc(S(=O)(=O)OCCC2CC(=O)N(C(=O)O)C2)cc1. The van der Waals surface area contributed by atoms with E-state index in [2.05, 4.69) is 0 Å². The molecule has 0 aromatic heterocycles. The molecule has 1 N–H and O–H groups in total. The monoisotopic (exact) mass is 327 g/mol. The third kappa shape index (κ3) is 3.83. The first-order chi connectivity index (χ1) is 10.3. The van der Waals surface area contributed by atoms with E-state index in [-0.39, 0.29) is 30.4 Å². The van der Waals surface area contributed by atoms with Crippen molar-refractivity contribution < 1.29 is 27.3 Å². The number of hydrogen-bond donors (Lipinski definition) is 1. The molecule has 0 aliphatic carbocycles. The van der Waals surface area contributed by atoms with Crippen molar-refractivity contribution in [1.29, 1.82) is 0 Å². The molecule has 1 saturated heterocycles. The fourth-order valence-electron chi connectivity index (χ4n) is 2.26. The van der Waals surface area contributed by atoms with E-state index in [4.69, 9.17) is 9.29 Å². The van der Waals surface area contributed by atoms with Crippen LogP contribution in [0.4, 0.5) is 4.79 Å². The normalized spacial score (nSPS) is 18.7. The van der Waals surface area contributed by atoms with Gasteiger partial charge in [0, 0.05) is 13.0 Å². The van der Waals surface area contributed by atoms with Gasteiger partial charge in [0.1, 0.15) is 0 Å². The van der Waals surface area contributed by atoms with Crippen molar-refractivity contribution in [3.63, 3.8) is 0 Å². The van der Waals surface area contributed by atoms with E-state index < -0.39 is 22.1 Å². The molecule has 1 atom stereocenters. The van der Waals surface area contributed by atoms with Gasteiger partial charge in [0.15, 0.2) is 0 Å². The van der Waals surface area contributed by atoms with Gasteiger partial charge in [0.25, 0.3) is 10.1 Å². The number of aryl methyl sites for hydroxylation is 1. The molecule has 8 heteroatoms. The second-order valence-corrected chi connectivity index (χ2v) is 6.85. The summed E-state index contributed by atoms with van der Waals surface area (Å²) in [5.41, 5.74) is 0.942. The number of rotatable bonds is 5. The number of likely N-dealkylation sites (tertiary alicyclic amines) is 1. The Bertz CT molecular complexity index is 667. The Kier molecular flexibility index (Phi) is 4.82. The van der Waals surface area contributed by atoms with Gasteiger partial charge in [-0.25, -0.2) is 9.69 Å². The molecular formula is C14H17NO6S. The van der Waals surface area contributed by atoms with Gasteiger partial charge in [-0.15, -0.1) is 0 Å². The van der Waals surface area contributed by atoms with Crippen LogP contribution in [0.25, 0.3) is 0 Å². The molecule has 1 aromatic rings. The zero-order valence-corrected chi connectivity index (χ0v) is 12.9. The van der Waals surface area contributed by atoms with Gasteiger partial charge < -0.3 is 5.11 Å². The number of benzene rings is 1. The van der Waals surface area contributed by atoms with Crippen LogP contribution in [0, 0.1) is 12.8 Å². The van der Waals surface area contributed by atoms with Crippen molar-refractivity contribution in [3.8, 4) is 0 Å². The molecule has 2 rings (SSSR count). The van der Waals surface area contributed by atoms with E-state index >= 15 is 0 Å². The minimum Gasteiger partial charge on any atom is -0.465 e. The van der Waals surface area contributed by atoms with Gasteiger partial charge >= 0.3 is 6.09 Å². The lowest BCUT2D eigenvalue weighted by Gasteiger charge is -2.11. The smallest absolute Gasteiger partial charge is 0.414 e. The zero-order chi connectivity index (χ0) is 16.3. The highest BCUT2D eigenvalue weighted by Crippen LogP contribution is 2.22.